The first kappa shape index (κ1) is 14.6. The van der Waals surface area contributed by atoms with E-state index in [0.29, 0.717) is 16.6 Å². The van der Waals surface area contributed by atoms with Gasteiger partial charge < -0.3 is 5.32 Å². The molecule has 19 heavy (non-hydrogen) atoms. The second kappa shape index (κ2) is 6.13. The van der Waals surface area contributed by atoms with Crippen molar-refractivity contribution in [2.75, 3.05) is 5.32 Å². The lowest BCUT2D eigenvalue weighted by Crippen LogP contribution is -2.21. The minimum absolute atomic E-state index is 0.441. The summed E-state index contributed by atoms with van der Waals surface area (Å²) in [6.07, 6.45) is 8.34. The molecule has 2 rings (SSSR count). The van der Waals surface area contributed by atoms with E-state index in [0.717, 1.165) is 11.6 Å². The Morgan fingerprint density at radius 3 is 2.58 bits per heavy atom. The minimum Gasteiger partial charge on any atom is -0.381 e. The second-order valence-electron chi connectivity index (χ2n) is 6.78. The number of nitrogens with one attached hydrogen (secondary N) is 1. The average Bonchev–Trinajstić information content (AvgIpc) is 2.57. The Labute approximate surface area is 122 Å². The van der Waals surface area contributed by atoms with Crippen molar-refractivity contribution in [3.05, 3.63) is 23.5 Å². The normalized spacial score (nSPS) is 24.8. The van der Waals surface area contributed by atoms with Crippen molar-refractivity contribution in [2.24, 2.45) is 11.3 Å². The standard InChI is InChI=1S/C16H25ClN2/c1-16(2,3)12-5-4-6-13(8-7-12)19-14-9-10-15(17)18-11-14/h9-13,19H,4-8H2,1-3H3. The van der Waals surface area contributed by atoms with E-state index in [1.54, 1.807) is 0 Å². The van der Waals surface area contributed by atoms with Crippen LogP contribution in [-0.4, -0.2) is 11.0 Å². The summed E-state index contributed by atoms with van der Waals surface area (Å²) in [5.41, 5.74) is 1.53. The zero-order chi connectivity index (χ0) is 13.9. The number of pyridine rings is 1. The molecular formula is C16H25ClN2. The molecule has 2 atom stereocenters. The van der Waals surface area contributed by atoms with Gasteiger partial charge in [0.15, 0.2) is 0 Å². The highest BCUT2D eigenvalue weighted by Gasteiger charge is 2.27. The fourth-order valence-corrected chi connectivity index (χ4v) is 3.12. The molecule has 0 radical (unpaired) electrons. The molecule has 2 unspecified atom stereocenters. The lowest BCUT2D eigenvalue weighted by Gasteiger charge is -2.29. The number of halogens is 1. The third-order valence-electron chi connectivity index (χ3n) is 4.29. The third-order valence-corrected chi connectivity index (χ3v) is 4.52. The summed E-state index contributed by atoms with van der Waals surface area (Å²) < 4.78 is 0. The summed E-state index contributed by atoms with van der Waals surface area (Å²) in [5, 5.41) is 4.15. The largest absolute Gasteiger partial charge is 0.381 e. The summed E-state index contributed by atoms with van der Waals surface area (Å²) in [6, 6.07) is 4.44. The number of hydrogen-bond acceptors (Lipinski definition) is 2. The molecule has 1 N–H and O–H groups in total. The van der Waals surface area contributed by atoms with E-state index in [4.69, 9.17) is 11.6 Å². The molecule has 1 aliphatic rings. The van der Waals surface area contributed by atoms with E-state index < -0.39 is 0 Å². The van der Waals surface area contributed by atoms with Crippen LogP contribution in [0.2, 0.25) is 5.15 Å². The molecule has 0 spiro atoms. The predicted octanol–water partition coefficient (Wildman–Crippen LogP) is 5.14. The second-order valence-corrected chi connectivity index (χ2v) is 7.17. The highest BCUT2D eigenvalue weighted by atomic mass is 35.5. The van der Waals surface area contributed by atoms with Crippen molar-refractivity contribution >= 4 is 17.3 Å². The van der Waals surface area contributed by atoms with Gasteiger partial charge in [0.2, 0.25) is 0 Å². The molecule has 0 aliphatic heterocycles. The molecule has 1 fully saturated rings. The molecule has 0 amide bonds. The Morgan fingerprint density at radius 1 is 1.16 bits per heavy atom. The molecule has 1 saturated carbocycles. The first-order valence-corrected chi connectivity index (χ1v) is 7.71. The summed E-state index contributed by atoms with van der Waals surface area (Å²) >= 11 is 5.81. The average molecular weight is 281 g/mol. The van der Waals surface area contributed by atoms with Gasteiger partial charge in [0.05, 0.1) is 11.9 Å². The molecule has 106 valence electrons. The maximum atomic E-state index is 5.81. The van der Waals surface area contributed by atoms with Gasteiger partial charge in [0.1, 0.15) is 5.15 Å². The van der Waals surface area contributed by atoms with Crippen LogP contribution in [-0.2, 0) is 0 Å². The first-order valence-electron chi connectivity index (χ1n) is 7.33. The van der Waals surface area contributed by atoms with Crippen molar-refractivity contribution in [1.29, 1.82) is 0 Å². The van der Waals surface area contributed by atoms with Gasteiger partial charge in [-0.1, -0.05) is 38.8 Å². The van der Waals surface area contributed by atoms with Crippen LogP contribution in [0.1, 0.15) is 52.9 Å². The molecule has 0 saturated heterocycles. The van der Waals surface area contributed by atoms with E-state index in [9.17, 15) is 0 Å². The van der Waals surface area contributed by atoms with Crippen molar-refractivity contribution in [3.8, 4) is 0 Å². The van der Waals surface area contributed by atoms with E-state index in [1.165, 1.54) is 32.1 Å². The highest BCUT2D eigenvalue weighted by molar-refractivity contribution is 6.29. The summed E-state index contributed by atoms with van der Waals surface area (Å²) in [6.45, 7) is 7.11. The van der Waals surface area contributed by atoms with E-state index >= 15 is 0 Å². The molecule has 1 aromatic heterocycles. The SMILES string of the molecule is CC(C)(C)C1CCCC(Nc2ccc(Cl)nc2)CC1. The fourth-order valence-electron chi connectivity index (χ4n) is 3.01. The van der Waals surface area contributed by atoms with Crippen LogP contribution >= 0.6 is 11.6 Å². The molecule has 1 aliphatic carbocycles. The highest BCUT2D eigenvalue weighted by Crippen LogP contribution is 2.37. The number of anilines is 1. The van der Waals surface area contributed by atoms with E-state index in [1.807, 2.05) is 18.3 Å². The smallest absolute Gasteiger partial charge is 0.129 e. The maximum absolute atomic E-state index is 5.81. The van der Waals surface area contributed by atoms with Gasteiger partial charge in [-0.05, 0) is 49.1 Å². The predicted molar refractivity (Wildman–Crippen MR) is 82.7 cm³/mol. The molecule has 2 nitrogen and oxygen atoms in total. The molecule has 1 heterocycles. The fraction of sp³-hybridized carbons (Fsp3) is 0.688. The van der Waals surface area contributed by atoms with Gasteiger partial charge in [0, 0.05) is 6.04 Å². The summed E-state index contributed by atoms with van der Waals surface area (Å²) in [5.74, 6) is 0.850. The zero-order valence-corrected chi connectivity index (χ0v) is 13.0. The summed E-state index contributed by atoms with van der Waals surface area (Å²) in [7, 11) is 0. The number of aromatic nitrogens is 1. The Kier molecular flexibility index (Phi) is 4.72. The lowest BCUT2D eigenvalue weighted by molar-refractivity contribution is 0.214. The first-order chi connectivity index (χ1) is 8.95. The zero-order valence-electron chi connectivity index (χ0n) is 12.2. The Hall–Kier alpha value is -0.760. The topological polar surface area (TPSA) is 24.9 Å². The molecule has 3 heteroatoms. The monoisotopic (exact) mass is 280 g/mol. The van der Waals surface area contributed by atoms with Gasteiger partial charge >= 0.3 is 0 Å². The quantitative estimate of drug-likeness (QED) is 0.599. The van der Waals surface area contributed by atoms with Gasteiger partial charge in [-0.15, -0.1) is 0 Å². The van der Waals surface area contributed by atoms with Crippen LogP contribution in [0.15, 0.2) is 18.3 Å². The third kappa shape index (κ3) is 4.38. The number of rotatable bonds is 2. The van der Waals surface area contributed by atoms with Crippen LogP contribution in [0.3, 0.4) is 0 Å². The molecule has 0 bridgehead atoms. The van der Waals surface area contributed by atoms with Crippen molar-refractivity contribution in [3.63, 3.8) is 0 Å². The van der Waals surface area contributed by atoms with Crippen molar-refractivity contribution in [1.82, 2.24) is 4.98 Å². The van der Waals surface area contributed by atoms with Crippen molar-refractivity contribution in [2.45, 2.75) is 58.9 Å². The molecule has 0 aromatic carbocycles. The number of hydrogen-bond donors (Lipinski definition) is 1. The van der Waals surface area contributed by atoms with E-state index in [2.05, 4.69) is 31.1 Å². The Balaban J connectivity index is 1.91. The van der Waals surface area contributed by atoms with Gasteiger partial charge in [-0.25, -0.2) is 4.98 Å². The van der Waals surface area contributed by atoms with Crippen LogP contribution in [0.25, 0.3) is 0 Å². The molecule has 1 aromatic rings. The summed E-state index contributed by atoms with van der Waals surface area (Å²) in [4.78, 5) is 4.13. The van der Waals surface area contributed by atoms with Crippen LogP contribution < -0.4 is 5.32 Å². The Morgan fingerprint density at radius 2 is 1.95 bits per heavy atom. The molecular weight excluding hydrogens is 256 g/mol. The Bertz CT molecular complexity index is 394. The van der Waals surface area contributed by atoms with Crippen LogP contribution in [0.4, 0.5) is 5.69 Å². The minimum atomic E-state index is 0.441. The van der Waals surface area contributed by atoms with Crippen LogP contribution in [0.5, 0.6) is 0 Å². The number of nitrogens with zero attached hydrogens (tertiary/aromatic N) is 1. The van der Waals surface area contributed by atoms with Crippen molar-refractivity contribution < 1.29 is 0 Å². The van der Waals surface area contributed by atoms with Gasteiger partial charge in [-0.3, -0.25) is 0 Å². The lowest BCUT2D eigenvalue weighted by atomic mass is 9.76. The van der Waals surface area contributed by atoms with Crippen LogP contribution in [0, 0.1) is 11.3 Å². The van der Waals surface area contributed by atoms with Gasteiger partial charge in [0.25, 0.3) is 0 Å². The van der Waals surface area contributed by atoms with Gasteiger partial charge in [-0.2, -0.15) is 0 Å². The maximum Gasteiger partial charge on any atom is 0.129 e. The van der Waals surface area contributed by atoms with E-state index in [-0.39, 0.29) is 0 Å².